The van der Waals surface area contributed by atoms with Crippen molar-refractivity contribution < 1.29 is 9.53 Å². The Bertz CT molecular complexity index is 1240. The van der Waals surface area contributed by atoms with E-state index < -0.39 is 0 Å². The number of nitrogens with one attached hydrogen (secondary N) is 2. The zero-order chi connectivity index (χ0) is 24.2. The third kappa shape index (κ3) is 5.37. The molecule has 3 heterocycles. The number of carbonyl (C=O) groups excluding carboxylic acids is 1. The molecule has 1 aromatic heterocycles. The fraction of sp³-hybridized carbons (Fsp3) is 0.407. The summed E-state index contributed by atoms with van der Waals surface area (Å²) in [5.74, 6) is -0.101. The fourth-order valence-corrected chi connectivity index (χ4v) is 5.33. The Kier molecular flexibility index (Phi) is 7.37. The summed E-state index contributed by atoms with van der Waals surface area (Å²) >= 11 is 6.36. The lowest BCUT2D eigenvalue weighted by molar-refractivity contribution is -0.125. The zero-order valence-corrected chi connectivity index (χ0v) is 20.5. The third-order valence-corrected chi connectivity index (χ3v) is 7.19. The van der Waals surface area contributed by atoms with Crippen LogP contribution in [0.25, 0.3) is 22.0 Å². The third-order valence-electron chi connectivity index (χ3n) is 6.95. The van der Waals surface area contributed by atoms with Crippen LogP contribution >= 0.6 is 11.6 Å². The van der Waals surface area contributed by atoms with Gasteiger partial charge in [-0.1, -0.05) is 41.9 Å². The Balaban J connectivity index is 1.40. The number of piperidine rings is 1. The summed E-state index contributed by atoms with van der Waals surface area (Å²) < 4.78 is 5.39. The number of aromatic amines is 1. The Morgan fingerprint density at radius 1 is 1.11 bits per heavy atom. The summed E-state index contributed by atoms with van der Waals surface area (Å²) in [6.45, 7) is 6.01. The van der Waals surface area contributed by atoms with Gasteiger partial charge >= 0.3 is 0 Å². The maximum Gasteiger partial charge on any atom is 0.272 e. The number of morpholine rings is 1. The minimum absolute atomic E-state index is 0.0597. The molecule has 2 aromatic carbocycles. The van der Waals surface area contributed by atoms with E-state index in [4.69, 9.17) is 16.3 Å². The van der Waals surface area contributed by atoms with Crippen LogP contribution in [0.5, 0.6) is 0 Å². The van der Waals surface area contributed by atoms with E-state index in [0.29, 0.717) is 23.8 Å². The van der Waals surface area contributed by atoms with Crippen molar-refractivity contribution in [3.8, 4) is 11.1 Å². The molecule has 2 aliphatic rings. The standard InChI is InChI=1S/C27H31ClN4O3/c28-21-8-9-23-22(17-21)24(19-5-2-1-3-6-19)25(27(34)30-23)32-11-4-7-20(18-32)26(33)29-10-12-31-13-15-35-16-14-31/h1-3,5-6,8-9,17,20H,4,7,10-16,18H2,(H,29,33)(H,30,34)/t20-/m0/s1. The molecule has 0 aliphatic carbocycles. The number of hydrogen-bond acceptors (Lipinski definition) is 5. The van der Waals surface area contributed by atoms with Crippen molar-refractivity contribution in [2.45, 2.75) is 12.8 Å². The predicted molar refractivity (Wildman–Crippen MR) is 140 cm³/mol. The topological polar surface area (TPSA) is 77.7 Å². The van der Waals surface area contributed by atoms with Gasteiger partial charge in [0.15, 0.2) is 0 Å². The number of H-pyrrole nitrogens is 1. The number of ether oxygens (including phenoxy) is 1. The van der Waals surface area contributed by atoms with E-state index in [9.17, 15) is 9.59 Å². The molecule has 2 aliphatic heterocycles. The van der Waals surface area contributed by atoms with Crippen LogP contribution in [0.1, 0.15) is 12.8 Å². The van der Waals surface area contributed by atoms with Gasteiger partial charge in [-0.05, 0) is 36.6 Å². The molecule has 3 aromatic rings. The molecule has 35 heavy (non-hydrogen) atoms. The van der Waals surface area contributed by atoms with Gasteiger partial charge in [-0.25, -0.2) is 0 Å². The molecule has 0 unspecified atom stereocenters. The SMILES string of the molecule is O=C(NCCN1CCOCC1)[C@H]1CCCN(c2c(-c3ccccc3)c3cc(Cl)ccc3[nH]c2=O)C1. The lowest BCUT2D eigenvalue weighted by Gasteiger charge is -2.35. The van der Waals surface area contributed by atoms with Gasteiger partial charge in [0.25, 0.3) is 5.56 Å². The van der Waals surface area contributed by atoms with Crippen LogP contribution in [-0.4, -0.2) is 68.3 Å². The van der Waals surface area contributed by atoms with Crippen molar-refractivity contribution in [2.75, 3.05) is 57.4 Å². The molecule has 0 radical (unpaired) electrons. The first-order valence-corrected chi connectivity index (χ1v) is 12.7. The molecule has 5 rings (SSSR count). The Morgan fingerprint density at radius 3 is 2.71 bits per heavy atom. The fourth-order valence-electron chi connectivity index (χ4n) is 5.15. The van der Waals surface area contributed by atoms with Crippen LogP contribution in [0.4, 0.5) is 5.69 Å². The van der Waals surface area contributed by atoms with Crippen molar-refractivity contribution in [2.24, 2.45) is 5.92 Å². The smallest absolute Gasteiger partial charge is 0.272 e. The summed E-state index contributed by atoms with van der Waals surface area (Å²) in [5.41, 5.74) is 3.03. The van der Waals surface area contributed by atoms with Crippen LogP contribution in [0.3, 0.4) is 0 Å². The molecule has 1 atom stereocenters. The van der Waals surface area contributed by atoms with E-state index in [1.54, 1.807) is 6.07 Å². The van der Waals surface area contributed by atoms with Gasteiger partial charge in [0.05, 0.1) is 19.1 Å². The van der Waals surface area contributed by atoms with Crippen LogP contribution in [0.15, 0.2) is 53.3 Å². The van der Waals surface area contributed by atoms with Gasteiger partial charge in [0.2, 0.25) is 5.91 Å². The van der Waals surface area contributed by atoms with Crippen LogP contribution in [0.2, 0.25) is 5.02 Å². The van der Waals surface area contributed by atoms with Gasteiger partial charge in [-0.2, -0.15) is 0 Å². The largest absolute Gasteiger partial charge is 0.379 e. The normalized spacial score (nSPS) is 19.1. The number of anilines is 1. The highest BCUT2D eigenvalue weighted by Gasteiger charge is 2.29. The molecular formula is C27H31ClN4O3. The minimum Gasteiger partial charge on any atom is -0.379 e. The first-order valence-electron chi connectivity index (χ1n) is 12.3. The Hall–Kier alpha value is -2.87. The van der Waals surface area contributed by atoms with E-state index in [0.717, 1.165) is 74.3 Å². The lowest BCUT2D eigenvalue weighted by Crippen LogP contribution is -2.47. The maximum absolute atomic E-state index is 13.4. The van der Waals surface area contributed by atoms with Crippen LogP contribution < -0.4 is 15.8 Å². The van der Waals surface area contributed by atoms with Crippen molar-refractivity contribution in [3.63, 3.8) is 0 Å². The summed E-state index contributed by atoms with van der Waals surface area (Å²) in [6.07, 6.45) is 1.67. The maximum atomic E-state index is 13.4. The van der Waals surface area contributed by atoms with Gasteiger partial charge in [0, 0.05) is 60.8 Å². The Labute approximate surface area is 210 Å². The molecule has 2 fully saturated rings. The molecule has 8 heteroatoms. The second-order valence-electron chi connectivity index (χ2n) is 9.26. The second kappa shape index (κ2) is 10.8. The van der Waals surface area contributed by atoms with E-state index in [1.807, 2.05) is 42.5 Å². The molecular weight excluding hydrogens is 464 g/mol. The zero-order valence-electron chi connectivity index (χ0n) is 19.8. The second-order valence-corrected chi connectivity index (χ2v) is 9.70. The van der Waals surface area contributed by atoms with E-state index in [2.05, 4.69) is 20.1 Å². The molecule has 2 N–H and O–H groups in total. The summed E-state index contributed by atoms with van der Waals surface area (Å²) in [4.78, 5) is 33.8. The molecule has 1 amide bonds. The number of benzene rings is 2. The average molecular weight is 495 g/mol. The Morgan fingerprint density at radius 2 is 1.91 bits per heavy atom. The van der Waals surface area contributed by atoms with Crippen molar-refractivity contribution >= 4 is 34.1 Å². The molecule has 184 valence electrons. The first kappa shape index (κ1) is 23.9. The van der Waals surface area contributed by atoms with Gasteiger partial charge in [0.1, 0.15) is 5.69 Å². The molecule has 7 nitrogen and oxygen atoms in total. The first-order chi connectivity index (χ1) is 17.1. The highest BCUT2D eigenvalue weighted by atomic mass is 35.5. The highest BCUT2D eigenvalue weighted by molar-refractivity contribution is 6.31. The number of amides is 1. The van der Waals surface area contributed by atoms with Gasteiger partial charge in [-0.3, -0.25) is 14.5 Å². The summed E-state index contributed by atoms with van der Waals surface area (Å²) in [7, 11) is 0. The molecule has 0 spiro atoms. The minimum atomic E-state index is -0.161. The van der Waals surface area contributed by atoms with E-state index in [-0.39, 0.29) is 17.4 Å². The number of aromatic nitrogens is 1. The molecule has 0 bridgehead atoms. The average Bonchev–Trinajstić information content (AvgIpc) is 2.89. The van der Waals surface area contributed by atoms with Crippen LogP contribution in [-0.2, 0) is 9.53 Å². The molecule has 2 saturated heterocycles. The number of pyridine rings is 1. The number of fused-ring (bicyclic) bond motifs is 1. The predicted octanol–water partition coefficient (Wildman–Crippen LogP) is 3.51. The summed E-state index contributed by atoms with van der Waals surface area (Å²) in [6, 6.07) is 15.5. The highest BCUT2D eigenvalue weighted by Crippen LogP contribution is 2.37. The number of halogens is 1. The van der Waals surface area contributed by atoms with E-state index >= 15 is 0 Å². The number of carbonyl (C=O) groups is 1. The number of rotatable bonds is 6. The summed E-state index contributed by atoms with van der Waals surface area (Å²) in [5, 5.41) is 4.63. The monoisotopic (exact) mass is 494 g/mol. The van der Waals surface area contributed by atoms with Crippen molar-refractivity contribution in [3.05, 3.63) is 63.9 Å². The lowest BCUT2D eigenvalue weighted by atomic mass is 9.94. The van der Waals surface area contributed by atoms with Crippen molar-refractivity contribution in [1.29, 1.82) is 0 Å². The van der Waals surface area contributed by atoms with Gasteiger partial charge < -0.3 is 19.9 Å². The quantitative estimate of drug-likeness (QED) is 0.548. The van der Waals surface area contributed by atoms with E-state index in [1.165, 1.54) is 0 Å². The van der Waals surface area contributed by atoms with Crippen molar-refractivity contribution in [1.82, 2.24) is 15.2 Å². The van der Waals surface area contributed by atoms with Crippen LogP contribution in [0, 0.1) is 5.92 Å². The van der Waals surface area contributed by atoms with Gasteiger partial charge in [-0.15, -0.1) is 0 Å². The number of nitrogens with zero attached hydrogens (tertiary/aromatic N) is 2. The molecule has 0 saturated carbocycles. The number of hydrogen-bond donors (Lipinski definition) is 2.